The van der Waals surface area contributed by atoms with Crippen molar-refractivity contribution < 1.29 is 14.7 Å². The van der Waals surface area contributed by atoms with Gasteiger partial charge in [-0.25, -0.2) is 4.79 Å². The molecule has 1 unspecified atom stereocenters. The standard InChI is InChI=1S/C15H20N2O3/c1-9-6-11(7-12(10(9)2)13(18)19)17-14(20)15(3)4-5-16-8-15/h6-7,16H,4-5,8H2,1-3H3,(H,17,20)(H,18,19). The maximum absolute atomic E-state index is 12.3. The summed E-state index contributed by atoms with van der Waals surface area (Å²) in [5.74, 6) is -1.04. The second-order valence-corrected chi connectivity index (χ2v) is 5.71. The molecule has 1 atom stereocenters. The Kier molecular flexibility index (Phi) is 3.81. The number of carbonyl (C=O) groups excluding carboxylic acids is 1. The normalized spacial score (nSPS) is 21.8. The quantitative estimate of drug-likeness (QED) is 0.788. The van der Waals surface area contributed by atoms with Crippen molar-refractivity contribution in [3.63, 3.8) is 0 Å². The molecule has 5 nitrogen and oxygen atoms in total. The van der Waals surface area contributed by atoms with Gasteiger partial charge in [-0.1, -0.05) is 0 Å². The lowest BCUT2D eigenvalue weighted by atomic mass is 9.88. The van der Waals surface area contributed by atoms with Gasteiger partial charge in [0.1, 0.15) is 0 Å². The molecule has 1 fully saturated rings. The maximum atomic E-state index is 12.3. The molecule has 20 heavy (non-hydrogen) atoms. The summed E-state index contributed by atoms with van der Waals surface area (Å²) >= 11 is 0. The summed E-state index contributed by atoms with van der Waals surface area (Å²) in [4.78, 5) is 23.5. The average Bonchev–Trinajstić information content (AvgIpc) is 2.81. The second-order valence-electron chi connectivity index (χ2n) is 5.71. The molecular weight excluding hydrogens is 256 g/mol. The molecule has 1 aromatic rings. The van der Waals surface area contributed by atoms with Crippen LogP contribution in [0, 0.1) is 19.3 Å². The van der Waals surface area contributed by atoms with E-state index in [1.54, 1.807) is 6.92 Å². The van der Waals surface area contributed by atoms with Gasteiger partial charge < -0.3 is 15.7 Å². The Balaban J connectivity index is 2.26. The van der Waals surface area contributed by atoms with E-state index in [2.05, 4.69) is 10.6 Å². The Morgan fingerprint density at radius 2 is 2.05 bits per heavy atom. The zero-order valence-electron chi connectivity index (χ0n) is 12.0. The van der Waals surface area contributed by atoms with E-state index in [-0.39, 0.29) is 11.5 Å². The molecule has 1 saturated heterocycles. The smallest absolute Gasteiger partial charge is 0.336 e. The molecule has 1 heterocycles. The first-order chi connectivity index (χ1) is 9.33. The number of hydrogen-bond donors (Lipinski definition) is 3. The summed E-state index contributed by atoms with van der Waals surface area (Å²) in [7, 11) is 0. The highest BCUT2D eigenvalue weighted by Crippen LogP contribution is 2.27. The number of aryl methyl sites for hydroxylation is 1. The van der Waals surface area contributed by atoms with Crippen molar-refractivity contribution in [2.75, 3.05) is 18.4 Å². The highest BCUT2D eigenvalue weighted by atomic mass is 16.4. The Labute approximate surface area is 118 Å². The van der Waals surface area contributed by atoms with Crippen molar-refractivity contribution in [1.82, 2.24) is 5.32 Å². The third-order valence-electron chi connectivity index (χ3n) is 4.07. The molecule has 0 spiro atoms. The lowest BCUT2D eigenvalue weighted by molar-refractivity contribution is -0.123. The minimum absolute atomic E-state index is 0.0675. The predicted octanol–water partition coefficient (Wildman–Crippen LogP) is 1.94. The fourth-order valence-electron chi connectivity index (χ4n) is 2.45. The van der Waals surface area contributed by atoms with E-state index in [0.717, 1.165) is 24.1 Å². The largest absolute Gasteiger partial charge is 0.478 e. The van der Waals surface area contributed by atoms with Gasteiger partial charge in [-0.15, -0.1) is 0 Å². The van der Waals surface area contributed by atoms with Gasteiger partial charge >= 0.3 is 5.97 Å². The summed E-state index contributed by atoms with van der Waals surface area (Å²) in [5, 5.41) is 15.2. The Hall–Kier alpha value is -1.88. The van der Waals surface area contributed by atoms with Gasteiger partial charge in [-0.2, -0.15) is 0 Å². The first-order valence-corrected chi connectivity index (χ1v) is 6.70. The molecule has 1 amide bonds. The first kappa shape index (κ1) is 14.5. The summed E-state index contributed by atoms with van der Waals surface area (Å²) in [6.45, 7) is 7.01. The van der Waals surface area contributed by atoms with Crippen LogP contribution < -0.4 is 10.6 Å². The van der Waals surface area contributed by atoms with E-state index in [1.807, 2.05) is 19.9 Å². The summed E-state index contributed by atoms with van der Waals surface area (Å²) in [6.07, 6.45) is 0.787. The van der Waals surface area contributed by atoms with E-state index in [9.17, 15) is 14.7 Å². The van der Waals surface area contributed by atoms with Gasteiger partial charge in [0.05, 0.1) is 11.0 Å². The van der Waals surface area contributed by atoms with Gasteiger partial charge in [-0.05, 0) is 57.0 Å². The van der Waals surface area contributed by atoms with E-state index >= 15 is 0 Å². The summed E-state index contributed by atoms with van der Waals surface area (Å²) in [5.41, 5.74) is 1.93. The summed E-state index contributed by atoms with van der Waals surface area (Å²) in [6, 6.07) is 3.33. The number of benzene rings is 1. The zero-order chi connectivity index (χ0) is 14.9. The molecule has 0 aromatic heterocycles. The maximum Gasteiger partial charge on any atom is 0.336 e. The number of anilines is 1. The third kappa shape index (κ3) is 2.67. The van der Waals surface area contributed by atoms with E-state index < -0.39 is 11.4 Å². The number of amides is 1. The van der Waals surface area contributed by atoms with Crippen molar-refractivity contribution >= 4 is 17.6 Å². The van der Waals surface area contributed by atoms with Crippen LogP contribution in [0.1, 0.15) is 34.8 Å². The van der Waals surface area contributed by atoms with Crippen molar-refractivity contribution in [2.24, 2.45) is 5.41 Å². The first-order valence-electron chi connectivity index (χ1n) is 6.70. The molecule has 0 bridgehead atoms. The van der Waals surface area contributed by atoms with Crippen molar-refractivity contribution in [3.05, 3.63) is 28.8 Å². The second kappa shape index (κ2) is 5.25. The number of carboxylic acid groups (broad SMARTS) is 1. The molecule has 0 radical (unpaired) electrons. The van der Waals surface area contributed by atoms with Crippen LogP contribution in [0.5, 0.6) is 0 Å². The van der Waals surface area contributed by atoms with Crippen molar-refractivity contribution in [2.45, 2.75) is 27.2 Å². The molecule has 1 aliphatic heterocycles. The molecule has 0 saturated carbocycles. The number of aromatic carboxylic acids is 1. The van der Waals surface area contributed by atoms with Crippen molar-refractivity contribution in [1.29, 1.82) is 0 Å². The number of carboxylic acids is 1. The van der Waals surface area contributed by atoms with Crippen LogP contribution in [0.2, 0.25) is 0 Å². The van der Waals surface area contributed by atoms with Crippen LogP contribution in [-0.4, -0.2) is 30.1 Å². The monoisotopic (exact) mass is 276 g/mol. The molecule has 2 rings (SSSR count). The number of nitrogens with one attached hydrogen (secondary N) is 2. The van der Waals surface area contributed by atoms with Gasteiger partial charge in [0.2, 0.25) is 5.91 Å². The third-order valence-corrected chi connectivity index (χ3v) is 4.07. The lowest BCUT2D eigenvalue weighted by Gasteiger charge is -2.22. The number of carbonyl (C=O) groups is 2. The zero-order valence-corrected chi connectivity index (χ0v) is 12.0. The fraction of sp³-hybridized carbons (Fsp3) is 0.467. The molecule has 5 heteroatoms. The number of rotatable bonds is 3. The van der Waals surface area contributed by atoms with Gasteiger partial charge in [0.25, 0.3) is 0 Å². The van der Waals surface area contributed by atoms with Crippen LogP contribution in [0.4, 0.5) is 5.69 Å². The lowest BCUT2D eigenvalue weighted by Crippen LogP contribution is -2.35. The minimum atomic E-state index is -0.976. The molecule has 1 aromatic carbocycles. The molecular formula is C15H20N2O3. The fourth-order valence-corrected chi connectivity index (χ4v) is 2.45. The van der Waals surface area contributed by atoms with Crippen LogP contribution >= 0.6 is 0 Å². The number of hydrogen-bond acceptors (Lipinski definition) is 3. The Morgan fingerprint density at radius 3 is 2.60 bits per heavy atom. The van der Waals surface area contributed by atoms with Crippen LogP contribution in [-0.2, 0) is 4.79 Å². The highest BCUT2D eigenvalue weighted by Gasteiger charge is 2.36. The summed E-state index contributed by atoms with van der Waals surface area (Å²) < 4.78 is 0. The van der Waals surface area contributed by atoms with Crippen LogP contribution in [0.25, 0.3) is 0 Å². The molecule has 1 aliphatic rings. The van der Waals surface area contributed by atoms with Crippen LogP contribution in [0.3, 0.4) is 0 Å². The highest BCUT2D eigenvalue weighted by molar-refractivity contribution is 5.97. The molecule has 0 aliphatic carbocycles. The van der Waals surface area contributed by atoms with Gasteiger partial charge in [0.15, 0.2) is 0 Å². The topological polar surface area (TPSA) is 78.4 Å². The Bertz CT molecular complexity index is 560. The van der Waals surface area contributed by atoms with E-state index in [4.69, 9.17) is 0 Å². The van der Waals surface area contributed by atoms with Crippen LogP contribution in [0.15, 0.2) is 12.1 Å². The molecule has 3 N–H and O–H groups in total. The Morgan fingerprint density at radius 1 is 1.35 bits per heavy atom. The van der Waals surface area contributed by atoms with Gasteiger partial charge in [-0.3, -0.25) is 4.79 Å². The van der Waals surface area contributed by atoms with Crippen molar-refractivity contribution in [3.8, 4) is 0 Å². The molecule has 108 valence electrons. The van der Waals surface area contributed by atoms with E-state index in [0.29, 0.717) is 12.2 Å². The van der Waals surface area contributed by atoms with E-state index in [1.165, 1.54) is 6.07 Å². The average molecular weight is 276 g/mol. The van der Waals surface area contributed by atoms with Gasteiger partial charge in [0, 0.05) is 12.2 Å². The minimum Gasteiger partial charge on any atom is -0.478 e. The SMILES string of the molecule is Cc1cc(NC(=O)C2(C)CCNC2)cc(C(=O)O)c1C. The predicted molar refractivity (Wildman–Crippen MR) is 77.1 cm³/mol.